The Morgan fingerprint density at radius 1 is 0.857 bits per heavy atom. The number of carbonyl (C=O) groups excluding carboxylic acids is 2. The van der Waals surface area contributed by atoms with Crippen LogP contribution in [-0.4, -0.2) is 67.7 Å². The minimum absolute atomic E-state index is 0.0321. The van der Waals surface area contributed by atoms with Gasteiger partial charge in [0.1, 0.15) is 0 Å². The maximum absolute atomic E-state index is 12.3. The monoisotopic (exact) mass is 316 g/mol. The van der Waals surface area contributed by atoms with Gasteiger partial charge in [0, 0.05) is 26.2 Å². The lowest BCUT2D eigenvalue weighted by atomic mass is 9.94. The van der Waals surface area contributed by atoms with E-state index >= 15 is 0 Å². The maximum atomic E-state index is 12.3. The van der Waals surface area contributed by atoms with Crippen LogP contribution in [0.2, 0.25) is 0 Å². The number of hydrogen-bond donors (Lipinski definition) is 0. The second-order valence-corrected chi connectivity index (χ2v) is 8.41. The lowest BCUT2D eigenvalue weighted by molar-refractivity contribution is -0.152. The van der Waals surface area contributed by atoms with Gasteiger partial charge in [-0.3, -0.25) is 9.59 Å². The zero-order valence-electron chi connectivity index (χ0n) is 12.7. The number of amides is 2. The van der Waals surface area contributed by atoms with E-state index in [9.17, 15) is 18.0 Å². The molecule has 0 N–H and O–H groups in total. The van der Waals surface area contributed by atoms with Crippen LogP contribution in [-0.2, 0) is 19.4 Å². The first-order chi connectivity index (χ1) is 9.82. The molecule has 0 aromatic heterocycles. The fraction of sp³-hybridized carbons (Fsp3) is 0.857. The first kappa shape index (κ1) is 16.3. The molecule has 2 fully saturated rings. The number of hydrogen-bond acceptors (Lipinski definition) is 4. The fourth-order valence-corrected chi connectivity index (χ4v) is 4.96. The van der Waals surface area contributed by atoms with Crippen molar-refractivity contribution < 1.29 is 18.0 Å². The second kappa shape index (κ2) is 6.34. The third kappa shape index (κ3) is 3.75. The summed E-state index contributed by atoms with van der Waals surface area (Å²) >= 11 is 0. The number of nitrogens with zero attached hydrogens (tertiary/aromatic N) is 2. The Hall–Kier alpha value is -1.11. The lowest BCUT2D eigenvalue weighted by Gasteiger charge is -2.32. The van der Waals surface area contributed by atoms with Crippen molar-refractivity contribution in [2.24, 2.45) is 0 Å². The normalized spacial score (nSPS) is 25.5. The zero-order chi connectivity index (χ0) is 15.6. The van der Waals surface area contributed by atoms with Gasteiger partial charge in [0.05, 0.1) is 11.5 Å². The first-order valence-corrected chi connectivity index (χ1v) is 9.38. The molecule has 1 saturated heterocycles. The quantitative estimate of drug-likeness (QED) is 0.692. The molecule has 2 amide bonds. The van der Waals surface area contributed by atoms with Crippen LogP contribution in [0.3, 0.4) is 0 Å². The second-order valence-electron chi connectivity index (χ2n) is 6.18. The van der Waals surface area contributed by atoms with Gasteiger partial charge in [-0.15, -0.1) is 0 Å². The molecule has 0 spiro atoms. The topological polar surface area (TPSA) is 74.8 Å². The molecule has 1 heterocycles. The van der Waals surface area contributed by atoms with E-state index in [4.69, 9.17) is 0 Å². The van der Waals surface area contributed by atoms with E-state index in [-0.39, 0.29) is 23.6 Å². The van der Waals surface area contributed by atoms with Gasteiger partial charge in [-0.05, 0) is 19.3 Å². The summed E-state index contributed by atoms with van der Waals surface area (Å²) in [6.45, 7) is 0. The van der Waals surface area contributed by atoms with E-state index < -0.39 is 21.7 Å². The Balaban J connectivity index is 1.96. The summed E-state index contributed by atoms with van der Waals surface area (Å²) in [4.78, 5) is 27.4. The smallest absolute Gasteiger partial charge is 0.312 e. The molecule has 0 aromatic rings. The highest BCUT2D eigenvalue weighted by Gasteiger charge is 2.36. The molecule has 0 aromatic carbocycles. The third-order valence-electron chi connectivity index (χ3n) is 4.70. The Morgan fingerprint density at radius 3 is 1.86 bits per heavy atom. The minimum atomic E-state index is -3.06. The SMILES string of the molecule is CN(C(=O)C(=O)N(C)C1CCS(=O)(=O)C1)C1CCCCC1. The Bertz CT molecular complexity index is 511. The van der Waals surface area contributed by atoms with Crippen molar-refractivity contribution in [3.05, 3.63) is 0 Å². The molecule has 2 rings (SSSR count). The molecule has 120 valence electrons. The number of carbonyl (C=O) groups is 2. The summed E-state index contributed by atoms with van der Waals surface area (Å²) in [5, 5.41) is 0. The minimum Gasteiger partial charge on any atom is -0.335 e. The lowest BCUT2D eigenvalue weighted by Crippen LogP contribution is -2.49. The van der Waals surface area contributed by atoms with Crippen LogP contribution in [0.4, 0.5) is 0 Å². The highest BCUT2D eigenvalue weighted by molar-refractivity contribution is 7.91. The van der Waals surface area contributed by atoms with E-state index in [1.54, 1.807) is 11.9 Å². The van der Waals surface area contributed by atoms with Gasteiger partial charge < -0.3 is 9.80 Å². The molecule has 1 saturated carbocycles. The Labute approximate surface area is 126 Å². The van der Waals surface area contributed by atoms with Crippen LogP contribution in [0.5, 0.6) is 0 Å². The van der Waals surface area contributed by atoms with Crippen molar-refractivity contribution in [3.8, 4) is 0 Å². The molecule has 7 heteroatoms. The van der Waals surface area contributed by atoms with Gasteiger partial charge in [0.2, 0.25) is 0 Å². The highest BCUT2D eigenvalue weighted by atomic mass is 32.2. The van der Waals surface area contributed by atoms with E-state index in [0.717, 1.165) is 25.7 Å². The van der Waals surface area contributed by atoms with Gasteiger partial charge in [-0.2, -0.15) is 0 Å². The molecule has 21 heavy (non-hydrogen) atoms. The molecule has 1 unspecified atom stereocenters. The molecular weight excluding hydrogens is 292 g/mol. The van der Waals surface area contributed by atoms with Crippen molar-refractivity contribution in [1.82, 2.24) is 9.80 Å². The average molecular weight is 316 g/mol. The molecule has 1 atom stereocenters. The summed E-state index contributed by atoms with van der Waals surface area (Å²) in [6, 6.07) is -0.234. The standard InChI is InChI=1S/C14H24N2O4S/c1-15(11-6-4-3-5-7-11)13(17)14(18)16(2)12-8-9-21(19,20)10-12/h11-12H,3-10H2,1-2H3. The van der Waals surface area contributed by atoms with Crippen molar-refractivity contribution in [3.63, 3.8) is 0 Å². The predicted molar refractivity (Wildman–Crippen MR) is 79.5 cm³/mol. The average Bonchev–Trinajstić information content (AvgIpc) is 2.85. The van der Waals surface area contributed by atoms with Gasteiger partial charge in [-0.25, -0.2) is 8.42 Å². The van der Waals surface area contributed by atoms with Crippen LogP contribution in [0, 0.1) is 0 Å². The summed E-state index contributed by atoms with van der Waals surface area (Å²) in [5.41, 5.74) is 0. The van der Waals surface area contributed by atoms with Crippen LogP contribution in [0.25, 0.3) is 0 Å². The molecule has 6 nitrogen and oxygen atoms in total. The third-order valence-corrected chi connectivity index (χ3v) is 6.45. The van der Waals surface area contributed by atoms with E-state index in [2.05, 4.69) is 0 Å². The van der Waals surface area contributed by atoms with Gasteiger partial charge in [-0.1, -0.05) is 19.3 Å². The number of sulfone groups is 1. The van der Waals surface area contributed by atoms with Crippen LogP contribution < -0.4 is 0 Å². The molecule has 0 radical (unpaired) electrons. The van der Waals surface area contributed by atoms with Crippen molar-refractivity contribution in [2.45, 2.75) is 50.6 Å². The molecule has 1 aliphatic heterocycles. The summed E-state index contributed by atoms with van der Waals surface area (Å²) in [5.74, 6) is -1.05. The van der Waals surface area contributed by atoms with Gasteiger partial charge in [0.15, 0.2) is 9.84 Å². The van der Waals surface area contributed by atoms with Crippen LogP contribution in [0.1, 0.15) is 38.5 Å². The van der Waals surface area contributed by atoms with Crippen molar-refractivity contribution in [2.75, 3.05) is 25.6 Å². The van der Waals surface area contributed by atoms with Crippen LogP contribution >= 0.6 is 0 Å². The van der Waals surface area contributed by atoms with Crippen molar-refractivity contribution in [1.29, 1.82) is 0 Å². The Morgan fingerprint density at radius 2 is 1.38 bits per heavy atom. The molecule has 0 bridgehead atoms. The van der Waals surface area contributed by atoms with Crippen LogP contribution in [0.15, 0.2) is 0 Å². The largest absolute Gasteiger partial charge is 0.335 e. The zero-order valence-corrected chi connectivity index (χ0v) is 13.6. The van der Waals surface area contributed by atoms with Gasteiger partial charge >= 0.3 is 11.8 Å². The summed E-state index contributed by atoms with van der Waals surface area (Å²) in [6.07, 6.45) is 5.67. The van der Waals surface area contributed by atoms with E-state index in [0.29, 0.717) is 6.42 Å². The molecular formula is C14H24N2O4S. The van der Waals surface area contributed by atoms with E-state index in [1.165, 1.54) is 18.4 Å². The fourth-order valence-electron chi connectivity index (χ4n) is 3.18. The number of rotatable bonds is 2. The number of likely N-dealkylation sites (N-methyl/N-ethyl adjacent to an activating group) is 2. The van der Waals surface area contributed by atoms with Crippen molar-refractivity contribution >= 4 is 21.7 Å². The molecule has 2 aliphatic rings. The first-order valence-electron chi connectivity index (χ1n) is 7.56. The predicted octanol–water partition coefficient (Wildman–Crippen LogP) is 0.423. The molecule has 1 aliphatic carbocycles. The summed E-state index contributed by atoms with van der Waals surface area (Å²) < 4.78 is 23.0. The maximum Gasteiger partial charge on any atom is 0.312 e. The Kier molecular flexibility index (Phi) is 4.91. The van der Waals surface area contributed by atoms with Gasteiger partial charge in [0.25, 0.3) is 0 Å². The highest BCUT2D eigenvalue weighted by Crippen LogP contribution is 2.22. The summed E-state index contributed by atoms with van der Waals surface area (Å²) in [7, 11) is 0.145. The van der Waals surface area contributed by atoms with E-state index in [1.807, 2.05) is 0 Å².